The third kappa shape index (κ3) is 4.60. The number of carbonyl (C=O) groups is 1. The lowest BCUT2D eigenvalue weighted by Gasteiger charge is -2.43. The summed E-state index contributed by atoms with van der Waals surface area (Å²) < 4.78 is 11.8. The molecule has 1 atom stereocenters. The van der Waals surface area contributed by atoms with Gasteiger partial charge in [0.1, 0.15) is 5.60 Å². The van der Waals surface area contributed by atoms with Crippen LogP contribution in [0.15, 0.2) is 0 Å². The van der Waals surface area contributed by atoms with E-state index in [0.29, 0.717) is 6.54 Å². The van der Waals surface area contributed by atoms with Crippen molar-refractivity contribution in [1.82, 2.24) is 4.90 Å². The molecule has 1 saturated carbocycles. The van der Waals surface area contributed by atoms with E-state index in [4.69, 9.17) is 9.47 Å². The van der Waals surface area contributed by atoms with Crippen molar-refractivity contribution in [3.05, 3.63) is 0 Å². The summed E-state index contributed by atoms with van der Waals surface area (Å²) in [5, 5.41) is 0. The molecular formula is C17H31NO3. The fraction of sp³-hybridized carbons (Fsp3) is 0.941. The minimum absolute atomic E-state index is 0.162. The Balaban J connectivity index is 1.91. The van der Waals surface area contributed by atoms with Crippen LogP contribution in [-0.4, -0.2) is 41.9 Å². The van der Waals surface area contributed by atoms with Crippen molar-refractivity contribution in [2.45, 2.75) is 77.4 Å². The van der Waals surface area contributed by atoms with Gasteiger partial charge in [-0.25, -0.2) is 4.79 Å². The summed E-state index contributed by atoms with van der Waals surface area (Å²) in [6, 6.07) is 0. The van der Waals surface area contributed by atoms with Gasteiger partial charge < -0.3 is 14.4 Å². The minimum atomic E-state index is -0.434. The molecule has 0 aromatic carbocycles. The Morgan fingerprint density at radius 3 is 2.52 bits per heavy atom. The molecule has 1 amide bonds. The molecule has 0 bridgehead atoms. The third-order valence-corrected chi connectivity index (χ3v) is 4.69. The van der Waals surface area contributed by atoms with E-state index in [0.717, 1.165) is 38.3 Å². The van der Waals surface area contributed by atoms with Gasteiger partial charge in [-0.15, -0.1) is 0 Å². The topological polar surface area (TPSA) is 38.8 Å². The van der Waals surface area contributed by atoms with Crippen LogP contribution in [0.5, 0.6) is 0 Å². The van der Waals surface area contributed by atoms with Crippen LogP contribution in [0.25, 0.3) is 0 Å². The SMILES string of the molecule is CCC1(OCC2CCC2)CCCN(C(=O)OC(C)(C)C)C1. The highest BCUT2D eigenvalue weighted by Gasteiger charge is 2.38. The van der Waals surface area contributed by atoms with E-state index in [9.17, 15) is 4.79 Å². The van der Waals surface area contributed by atoms with Gasteiger partial charge in [-0.3, -0.25) is 0 Å². The zero-order chi connectivity index (χ0) is 15.5. The molecule has 1 unspecified atom stereocenters. The highest BCUT2D eigenvalue weighted by Crippen LogP contribution is 2.33. The van der Waals surface area contributed by atoms with Crippen molar-refractivity contribution >= 4 is 6.09 Å². The highest BCUT2D eigenvalue weighted by molar-refractivity contribution is 5.68. The molecule has 0 N–H and O–H groups in total. The molecule has 1 heterocycles. The number of rotatable bonds is 4. The number of ether oxygens (including phenoxy) is 2. The molecular weight excluding hydrogens is 266 g/mol. The number of likely N-dealkylation sites (tertiary alicyclic amines) is 1. The van der Waals surface area contributed by atoms with E-state index in [1.807, 2.05) is 25.7 Å². The van der Waals surface area contributed by atoms with Crippen molar-refractivity contribution in [2.75, 3.05) is 19.7 Å². The van der Waals surface area contributed by atoms with E-state index < -0.39 is 5.60 Å². The van der Waals surface area contributed by atoms with Crippen molar-refractivity contribution in [3.63, 3.8) is 0 Å². The molecule has 0 aromatic heterocycles. The first-order chi connectivity index (χ1) is 9.84. The predicted molar refractivity (Wildman–Crippen MR) is 83.4 cm³/mol. The first-order valence-corrected chi connectivity index (χ1v) is 8.45. The van der Waals surface area contributed by atoms with E-state index in [2.05, 4.69) is 6.92 Å². The highest BCUT2D eigenvalue weighted by atomic mass is 16.6. The summed E-state index contributed by atoms with van der Waals surface area (Å²) in [5.74, 6) is 0.741. The van der Waals surface area contributed by atoms with Gasteiger partial charge in [0.05, 0.1) is 18.8 Å². The number of amides is 1. The van der Waals surface area contributed by atoms with Gasteiger partial charge in [0.15, 0.2) is 0 Å². The maximum Gasteiger partial charge on any atom is 0.410 e. The van der Waals surface area contributed by atoms with E-state index in [1.54, 1.807) is 0 Å². The van der Waals surface area contributed by atoms with Crippen LogP contribution in [0.2, 0.25) is 0 Å². The normalized spacial score (nSPS) is 27.3. The molecule has 21 heavy (non-hydrogen) atoms. The molecule has 4 heteroatoms. The Morgan fingerprint density at radius 2 is 2.00 bits per heavy atom. The van der Waals surface area contributed by atoms with Crippen molar-refractivity contribution in [1.29, 1.82) is 0 Å². The lowest BCUT2D eigenvalue weighted by Crippen LogP contribution is -2.53. The summed E-state index contributed by atoms with van der Waals surface area (Å²) in [5.41, 5.74) is -0.596. The molecule has 1 aliphatic carbocycles. The second kappa shape index (κ2) is 6.55. The smallest absolute Gasteiger partial charge is 0.410 e. The zero-order valence-corrected chi connectivity index (χ0v) is 14.1. The second-order valence-corrected chi connectivity index (χ2v) is 7.65. The van der Waals surface area contributed by atoms with Gasteiger partial charge in [0, 0.05) is 6.54 Å². The molecule has 1 aliphatic heterocycles. The van der Waals surface area contributed by atoms with Crippen molar-refractivity contribution in [2.24, 2.45) is 5.92 Å². The number of piperidine rings is 1. The lowest BCUT2D eigenvalue weighted by atomic mass is 9.85. The summed E-state index contributed by atoms with van der Waals surface area (Å²) in [6.07, 6.45) is 6.75. The molecule has 4 nitrogen and oxygen atoms in total. The van der Waals surface area contributed by atoms with Gasteiger partial charge in [-0.1, -0.05) is 13.3 Å². The number of carbonyl (C=O) groups excluding carboxylic acids is 1. The Bertz CT molecular complexity index is 360. The predicted octanol–water partition coefficient (Wildman–Crippen LogP) is 3.98. The van der Waals surface area contributed by atoms with E-state index >= 15 is 0 Å². The molecule has 2 aliphatic rings. The Hall–Kier alpha value is -0.770. The molecule has 1 saturated heterocycles. The summed E-state index contributed by atoms with van der Waals surface area (Å²) in [6.45, 7) is 10.2. The summed E-state index contributed by atoms with van der Waals surface area (Å²) in [4.78, 5) is 14.1. The number of nitrogens with zero attached hydrogens (tertiary/aromatic N) is 1. The average molecular weight is 297 g/mol. The summed E-state index contributed by atoms with van der Waals surface area (Å²) >= 11 is 0. The van der Waals surface area contributed by atoms with Crippen LogP contribution in [0.1, 0.15) is 66.2 Å². The second-order valence-electron chi connectivity index (χ2n) is 7.65. The molecule has 122 valence electrons. The lowest BCUT2D eigenvalue weighted by molar-refractivity contribution is -0.109. The van der Waals surface area contributed by atoms with Crippen molar-refractivity contribution in [3.8, 4) is 0 Å². The maximum atomic E-state index is 12.3. The third-order valence-electron chi connectivity index (χ3n) is 4.69. The fourth-order valence-corrected chi connectivity index (χ4v) is 3.04. The maximum absolute atomic E-state index is 12.3. The zero-order valence-electron chi connectivity index (χ0n) is 14.1. The van der Waals surface area contributed by atoms with Gasteiger partial charge >= 0.3 is 6.09 Å². The van der Waals surface area contributed by atoms with Crippen LogP contribution < -0.4 is 0 Å². The molecule has 2 fully saturated rings. The summed E-state index contributed by atoms with van der Waals surface area (Å²) in [7, 11) is 0. The first kappa shape index (κ1) is 16.6. The van der Waals surface area contributed by atoms with Crippen LogP contribution in [0.3, 0.4) is 0 Å². The van der Waals surface area contributed by atoms with Gasteiger partial charge in [-0.2, -0.15) is 0 Å². The minimum Gasteiger partial charge on any atom is -0.444 e. The van der Waals surface area contributed by atoms with E-state index in [1.165, 1.54) is 19.3 Å². The molecule has 0 radical (unpaired) electrons. The standard InChI is InChI=1S/C17H31NO3/c1-5-17(20-12-14-8-6-9-14)10-7-11-18(13-17)15(19)21-16(2,3)4/h14H,5-13H2,1-4H3. The molecule has 2 rings (SSSR count). The number of hydrogen-bond acceptors (Lipinski definition) is 3. The number of hydrogen-bond donors (Lipinski definition) is 0. The van der Waals surface area contributed by atoms with Crippen LogP contribution in [0.4, 0.5) is 4.79 Å². The fourth-order valence-electron chi connectivity index (χ4n) is 3.04. The Kier molecular flexibility index (Phi) is 5.18. The van der Waals surface area contributed by atoms with Crippen molar-refractivity contribution < 1.29 is 14.3 Å². The van der Waals surface area contributed by atoms with Crippen LogP contribution >= 0.6 is 0 Å². The molecule has 0 aromatic rings. The first-order valence-electron chi connectivity index (χ1n) is 8.45. The van der Waals surface area contributed by atoms with Gasteiger partial charge in [-0.05, 0) is 58.8 Å². The Labute approximate surface area is 129 Å². The van der Waals surface area contributed by atoms with Gasteiger partial charge in [0.25, 0.3) is 0 Å². The van der Waals surface area contributed by atoms with Crippen LogP contribution in [-0.2, 0) is 9.47 Å². The van der Waals surface area contributed by atoms with E-state index in [-0.39, 0.29) is 11.7 Å². The van der Waals surface area contributed by atoms with Gasteiger partial charge in [0.2, 0.25) is 0 Å². The average Bonchev–Trinajstić information content (AvgIpc) is 2.35. The largest absolute Gasteiger partial charge is 0.444 e. The molecule has 0 spiro atoms. The Morgan fingerprint density at radius 1 is 1.29 bits per heavy atom. The quantitative estimate of drug-likeness (QED) is 0.787. The van der Waals surface area contributed by atoms with Crippen LogP contribution in [0, 0.1) is 5.92 Å². The monoisotopic (exact) mass is 297 g/mol.